The highest BCUT2D eigenvalue weighted by molar-refractivity contribution is 5.98. The van der Waals surface area contributed by atoms with Crippen LogP contribution in [0, 0.1) is 10.1 Å². The molecule has 8 nitrogen and oxygen atoms in total. The molecule has 0 bridgehead atoms. The second-order valence-corrected chi connectivity index (χ2v) is 4.01. The van der Waals surface area contributed by atoms with Gasteiger partial charge < -0.3 is 15.3 Å². The van der Waals surface area contributed by atoms with E-state index >= 15 is 0 Å². The molecule has 1 aliphatic rings. The van der Waals surface area contributed by atoms with Gasteiger partial charge in [0.2, 0.25) is 5.91 Å². The Morgan fingerprint density at radius 1 is 1.47 bits per heavy atom. The van der Waals surface area contributed by atoms with Crippen molar-refractivity contribution >= 4 is 23.3 Å². The van der Waals surface area contributed by atoms with Crippen LogP contribution in [0.25, 0.3) is 0 Å². The smallest absolute Gasteiger partial charge is 0.338 e. The lowest BCUT2D eigenvalue weighted by Crippen LogP contribution is -2.48. The van der Waals surface area contributed by atoms with Gasteiger partial charge in [0.05, 0.1) is 17.0 Å². The maximum atomic E-state index is 11.3. The molecule has 2 N–H and O–H groups in total. The number of nitrogens with one attached hydrogen (secondary N) is 1. The molecule has 100 valence electrons. The number of carbonyl (C=O) groups excluding carboxylic acids is 1. The largest absolute Gasteiger partial charge is 0.478 e. The predicted octanol–water partition coefficient (Wildman–Crippen LogP) is 0.229. The van der Waals surface area contributed by atoms with Crippen LogP contribution in [-0.4, -0.2) is 41.5 Å². The first-order valence-electron chi connectivity index (χ1n) is 5.53. The highest BCUT2D eigenvalue weighted by Crippen LogP contribution is 2.32. The van der Waals surface area contributed by atoms with Gasteiger partial charge in [-0.05, 0) is 6.07 Å². The molecule has 8 heteroatoms. The number of nitrogens with zero attached hydrogens (tertiary/aromatic N) is 2. The zero-order valence-corrected chi connectivity index (χ0v) is 9.83. The molecular formula is C11H11N3O5. The second kappa shape index (κ2) is 4.92. The van der Waals surface area contributed by atoms with Crippen molar-refractivity contribution in [1.82, 2.24) is 5.32 Å². The molecule has 1 aliphatic heterocycles. The highest BCUT2D eigenvalue weighted by atomic mass is 16.6. The van der Waals surface area contributed by atoms with Gasteiger partial charge in [0.25, 0.3) is 5.69 Å². The van der Waals surface area contributed by atoms with Gasteiger partial charge in [0.1, 0.15) is 5.69 Å². The summed E-state index contributed by atoms with van der Waals surface area (Å²) in [4.78, 5) is 34.3. The molecule has 2 rings (SSSR count). The van der Waals surface area contributed by atoms with Crippen molar-refractivity contribution in [3.05, 3.63) is 33.9 Å². The Morgan fingerprint density at radius 2 is 2.21 bits per heavy atom. The maximum absolute atomic E-state index is 11.3. The third kappa shape index (κ3) is 2.46. The first-order valence-corrected chi connectivity index (χ1v) is 5.53. The summed E-state index contributed by atoms with van der Waals surface area (Å²) in [5.74, 6) is -1.55. The molecule has 0 aromatic heterocycles. The van der Waals surface area contributed by atoms with E-state index in [0.717, 1.165) is 0 Å². The molecule has 1 heterocycles. The summed E-state index contributed by atoms with van der Waals surface area (Å²) in [5.41, 5.74) is -0.506. The molecule has 1 saturated heterocycles. The Morgan fingerprint density at radius 3 is 2.79 bits per heavy atom. The van der Waals surface area contributed by atoms with Crippen molar-refractivity contribution < 1.29 is 19.6 Å². The van der Waals surface area contributed by atoms with E-state index in [1.807, 2.05) is 0 Å². The number of rotatable bonds is 3. The molecule has 0 atom stereocenters. The number of para-hydroxylation sites is 1. The Balaban J connectivity index is 2.54. The summed E-state index contributed by atoms with van der Waals surface area (Å²) in [6.45, 7) is 0.561. The van der Waals surface area contributed by atoms with Gasteiger partial charge in [-0.25, -0.2) is 4.79 Å². The summed E-state index contributed by atoms with van der Waals surface area (Å²) < 4.78 is 0. The minimum absolute atomic E-state index is 0.0187. The van der Waals surface area contributed by atoms with Crippen LogP contribution in [0.4, 0.5) is 11.4 Å². The first-order chi connectivity index (χ1) is 9.00. The van der Waals surface area contributed by atoms with Crippen LogP contribution in [0.5, 0.6) is 0 Å². The lowest BCUT2D eigenvalue weighted by Gasteiger charge is -2.29. The van der Waals surface area contributed by atoms with E-state index in [4.69, 9.17) is 5.11 Å². The van der Waals surface area contributed by atoms with Crippen LogP contribution in [0.2, 0.25) is 0 Å². The molecule has 1 fully saturated rings. The minimum atomic E-state index is -1.26. The number of anilines is 1. The number of benzene rings is 1. The van der Waals surface area contributed by atoms with Gasteiger partial charge >= 0.3 is 5.97 Å². The summed E-state index contributed by atoms with van der Waals surface area (Å²) >= 11 is 0. The number of nitro groups is 1. The lowest BCUT2D eigenvalue weighted by molar-refractivity contribution is -0.384. The predicted molar refractivity (Wildman–Crippen MR) is 65.3 cm³/mol. The standard InChI is InChI=1S/C11H11N3O5/c15-9-6-13(5-4-12-9)10-7(11(16)17)2-1-3-8(10)14(18)19/h1-3H,4-6H2,(H,12,15)(H,16,17). The van der Waals surface area contributed by atoms with Gasteiger partial charge in [-0.2, -0.15) is 0 Å². The summed E-state index contributed by atoms with van der Waals surface area (Å²) in [5, 5.41) is 22.7. The molecular weight excluding hydrogens is 254 g/mol. The zero-order chi connectivity index (χ0) is 14.0. The zero-order valence-electron chi connectivity index (χ0n) is 9.83. The Hall–Kier alpha value is -2.64. The van der Waals surface area contributed by atoms with Crippen molar-refractivity contribution in [3.63, 3.8) is 0 Å². The fourth-order valence-corrected chi connectivity index (χ4v) is 2.01. The lowest BCUT2D eigenvalue weighted by atomic mass is 10.1. The van der Waals surface area contributed by atoms with Gasteiger partial charge in [-0.3, -0.25) is 14.9 Å². The highest BCUT2D eigenvalue weighted by Gasteiger charge is 2.28. The van der Waals surface area contributed by atoms with Crippen molar-refractivity contribution in [1.29, 1.82) is 0 Å². The molecule has 1 amide bonds. The van der Waals surface area contributed by atoms with Crippen LogP contribution in [0.3, 0.4) is 0 Å². The van der Waals surface area contributed by atoms with Crippen molar-refractivity contribution in [2.75, 3.05) is 24.5 Å². The number of aromatic carboxylic acids is 1. The topological polar surface area (TPSA) is 113 Å². The number of hydrogen-bond donors (Lipinski definition) is 2. The van der Waals surface area contributed by atoms with E-state index in [9.17, 15) is 19.7 Å². The summed E-state index contributed by atoms with van der Waals surface area (Å²) in [6, 6.07) is 3.83. The van der Waals surface area contributed by atoms with Crippen molar-refractivity contribution in [2.45, 2.75) is 0 Å². The van der Waals surface area contributed by atoms with Crippen LogP contribution in [0.15, 0.2) is 18.2 Å². The van der Waals surface area contributed by atoms with E-state index in [-0.39, 0.29) is 29.4 Å². The van der Waals surface area contributed by atoms with E-state index in [0.29, 0.717) is 13.1 Å². The van der Waals surface area contributed by atoms with Gasteiger partial charge in [-0.1, -0.05) is 6.07 Å². The fourth-order valence-electron chi connectivity index (χ4n) is 2.01. The molecule has 0 saturated carbocycles. The van der Waals surface area contributed by atoms with E-state index < -0.39 is 10.9 Å². The van der Waals surface area contributed by atoms with Crippen LogP contribution in [-0.2, 0) is 4.79 Å². The molecule has 0 spiro atoms. The number of hydrogen-bond acceptors (Lipinski definition) is 5. The van der Waals surface area contributed by atoms with Crippen molar-refractivity contribution in [3.8, 4) is 0 Å². The SMILES string of the molecule is O=C1CN(c2c(C(=O)O)cccc2[N+](=O)[O-])CCN1. The third-order valence-corrected chi connectivity index (χ3v) is 2.80. The van der Waals surface area contributed by atoms with Crippen LogP contribution in [0.1, 0.15) is 10.4 Å². The van der Waals surface area contributed by atoms with Crippen LogP contribution >= 0.6 is 0 Å². The monoisotopic (exact) mass is 265 g/mol. The van der Waals surface area contributed by atoms with Gasteiger partial charge in [0, 0.05) is 19.2 Å². The maximum Gasteiger partial charge on any atom is 0.338 e. The molecule has 1 aromatic rings. The Labute approximate surface area is 107 Å². The quantitative estimate of drug-likeness (QED) is 0.597. The number of nitro benzene ring substituents is 1. The number of carboxylic acids is 1. The molecule has 0 unspecified atom stereocenters. The molecule has 19 heavy (non-hydrogen) atoms. The van der Waals surface area contributed by atoms with Crippen LogP contribution < -0.4 is 10.2 Å². The average Bonchev–Trinajstić information content (AvgIpc) is 2.37. The Bertz CT molecular complexity index is 525. The number of piperazine rings is 1. The molecule has 0 aliphatic carbocycles. The van der Waals surface area contributed by atoms with Crippen molar-refractivity contribution in [2.24, 2.45) is 0 Å². The number of carbonyl (C=O) groups is 2. The third-order valence-electron chi connectivity index (χ3n) is 2.80. The number of carboxylic acid groups (broad SMARTS) is 1. The number of amides is 1. The minimum Gasteiger partial charge on any atom is -0.478 e. The molecule has 1 aromatic carbocycles. The van der Waals surface area contributed by atoms with E-state index in [1.54, 1.807) is 0 Å². The summed E-state index contributed by atoms with van der Waals surface area (Å²) in [7, 11) is 0. The molecule has 0 radical (unpaired) electrons. The van der Waals surface area contributed by atoms with Gasteiger partial charge in [-0.15, -0.1) is 0 Å². The second-order valence-electron chi connectivity index (χ2n) is 4.01. The van der Waals surface area contributed by atoms with Gasteiger partial charge in [0.15, 0.2) is 0 Å². The Kier molecular flexibility index (Phi) is 3.32. The first kappa shape index (κ1) is 12.8. The summed E-state index contributed by atoms with van der Waals surface area (Å²) in [6.07, 6.45) is 0. The fraction of sp³-hybridized carbons (Fsp3) is 0.273. The average molecular weight is 265 g/mol. The van der Waals surface area contributed by atoms with E-state index in [1.165, 1.54) is 23.1 Å². The normalized spacial score (nSPS) is 14.9. The van der Waals surface area contributed by atoms with E-state index in [2.05, 4.69) is 5.32 Å².